The van der Waals surface area contributed by atoms with Crippen LogP contribution in [0.4, 0.5) is 4.79 Å². The number of aromatic nitrogens is 2. The van der Waals surface area contributed by atoms with Crippen LogP contribution in [0.2, 0.25) is 0 Å². The molecule has 25 heavy (non-hydrogen) atoms. The lowest BCUT2D eigenvalue weighted by molar-refractivity contribution is -0.130. The Balaban J connectivity index is 1.43. The van der Waals surface area contributed by atoms with Crippen molar-refractivity contribution in [2.24, 2.45) is 0 Å². The van der Waals surface area contributed by atoms with Gasteiger partial charge in [0.2, 0.25) is 0 Å². The summed E-state index contributed by atoms with van der Waals surface area (Å²) in [5.41, 5.74) is 1.76. The molecule has 1 aliphatic carbocycles. The van der Waals surface area contributed by atoms with Crippen LogP contribution in [-0.2, 0) is 17.6 Å². The summed E-state index contributed by atoms with van der Waals surface area (Å²) >= 11 is 0. The van der Waals surface area contributed by atoms with E-state index in [0.29, 0.717) is 13.1 Å². The van der Waals surface area contributed by atoms with E-state index in [9.17, 15) is 9.59 Å². The number of hydrogen-bond acceptors (Lipinski definition) is 4. The second-order valence-electron chi connectivity index (χ2n) is 7.96. The Morgan fingerprint density at radius 1 is 1.16 bits per heavy atom. The number of imide groups is 1. The van der Waals surface area contributed by atoms with Gasteiger partial charge < -0.3 is 10.3 Å². The van der Waals surface area contributed by atoms with E-state index in [1.807, 2.05) is 0 Å². The molecule has 0 radical (unpaired) electrons. The Labute approximate surface area is 148 Å². The molecular weight excluding hydrogens is 318 g/mol. The van der Waals surface area contributed by atoms with Crippen molar-refractivity contribution < 1.29 is 9.59 Å². The highest BCUT2D eigenvalue weighted by Crippen LogP contribution is 2.32. The van der Waals surface area contributed by atoms with Crippen molar-refractivity contribution in [3.05, 3.63) is 17.2 Å². The summed E-state index contributed by atoms with van der Waals surface area (Å²) in [7, 11) is 0. The maximum Gasteiger partial charge on any atom is 0.325 e. The number of urea groups is 1. The van der Waals surface area contributed by atoms with E-state index in [1.54, 1.807) is 13.8 Å². The number of aromatic amines is 1. The Kier molecular flexibility index (Phi) is 4.06. The van der Waals surface area contributed by atoms with E-state index in [2.05, 4.69) is 15.2 Å². The van der Waals surface area contributed by atoms with Crippen LogP contribution in [-0.4, -0.2) is 56.9 Å². The van der Waals surface area contributed by atoms with E-state index >= 15 is 0 Å². The van der Waals surface area contributed by atoms with Crippen LogP contribution in [0, 0.1) is 0 Å². The molecule has 0 aromatic carbocycles. The fourth-order valence-corrected chi connectivity index (χ4v) is 4.29. The van der Waals surface area contributed by atoms with Crippen LogP contribution in [0.25, 0.3) is 0 Å². The Morgan fingerprint density at radius 3 is 2.68 bits per heavy atom. The molecule has 2 aliphatic heterocycles. The van der Waals surface area contributed by atoms with E-state index in [-0.39, 0.29) is 18.0 Å². The molecule has 7 heteroatoms. The Bertz CT molecular complexity index is 672. The fraction of sp³-hybridized carbons (Fsp3) is 0.722. The topological polar surface area (TPSA) is 81.3 Å². The van der Waals surface area contributed by atoms with Gasteiger partial charge in [0.05, 0.1) is 11.7 Å². The first-order valence-electron chi connectivity index (χ1n) is 9.41. The monoisotopic (exact) mass is 345 g/mol. The molecule has 3 aliphatic rings. The molecule has 4 rings (SSSR count). The van der Waals surface area contributed by atoms with Gasteiger partial charge in [0, 0.05) is 18.8 Å². The van der Waals surface area contributed by atoms with Gasteiger partial charge in [0.25, 0.3) is 5.91 Å². The SMILES string of the molecule is CC1(C)NC(=O)N(CCN2CCC[C@@H]2c2nc3c([nH]2)CCCC3)C1=O. The first-order valence-corrected chi connectivity index (χ1v) is 9.41. The number of nitrogens with zero attached hydrogens (tertiary/aromatic N) is 3. The van der Waals surface area contributed by atoms with Gasteiger partial charge >= 0.3 is 6.03 Å². The van der Waals surface area contributed by atoms with E-state index in [4.69, 9.17) is 4.98 Å². The van der Waals surface area contributed by atoms with Gasteiger partial charge in [-0.3, -0.25) is 14.6 Å². The van der Waals surface area contributed by atoms with Crippen molar-refractivity contribution in [3.63, 3.8) is 0 Å². The third-order valence-electron chi connectivity index (χ3n) is 5.71. The zero-order valence-electron chi connectivity index (χ0n) is 15.1. The van der Waals surface area contributed by atoms with Crippen LogP contribution in [0.15, 0.2) is 0 Å². The maximum absolute atomic E-state index is 12.3. The summed E-state index contributed by atoms with van der Waals surface area (Å²) in [6.07, 6.45) is 6.86. The first kappa shape index (κ1) is 16.6. The average molecular weight is 345 g/mol. The molecule has 2 N–H and O–H groups in total. The number of hydrogen-bond donors (Lipinski definition) is 2. The van der Waals surface area contributed by atoms with Gasteiger partial charge in [0.1, 0.15) is 11.4 Å². The summed E-state index contributed by atoms with van der Waals surface area (Å²) in [6.45, 7) is 5.62. The number of amides is 3. The molecule has 1 atom stereocenters. The average Bonchev–Trinajstić information content (AvgIpc) is 3.23. The molecule has 7 nitrogen and oxygen atoms in total. The number of nitrogens with one attached hydrogen (secondary N) is 2. The normalized spacial score (nSPS) is 26.2. The summed E-state index contributed by atoms with van der Waals surface area (Å²) in [6, 6.07) is -0.00131. The standard InChI is InChI=1S/C18H27N5O2/c1-18(2)16(24)23(17(25)21-18)11-10-22-9-5-8-14(22)15-19-12-6-3-4-7-13(12)20-15/h14H,3-11H2,1-2H3,(H,19,20)(H,21,25)/t14-/m1/s1. The molecule has 3 heterocycles. The maximum atomic E-state index is 12.3. The van der Waals surface area contributed by atoms with Gasteiger partial charge in [-0.1, -0.05) is 0 Å². The lowest BCUT2D eigenvalue weighted by Gasteiger charge is -2.25. The van der Waals surface area contributed by atoms with Gasteiger partial charge in [-0.15, -0.1) is 0 Å². The van der Waals surface area contributed by atoms with E-state index in [0.717, 1.165) is 38.1 Å². The number of carbonyl (C=O) groups is 2. The molecular formula is C18H27N5O2. The largest absolute Gasteiger partial charge is 0.344 e. The number of carbonyl (C=O) groups excluding carboxylic acids is 2. The van der Waals surface area contributed by atoms with Gasteiger partial charge in [-0.2, -0.15) is 0 Å². The number of rotatable bonds is 4. The lowest BCUT2D eigenvalue weighted by Crippen LogP contribution is -2.41. The quantitative estimate of drug-likeness (QED) is 0.815. The van der Waals surface area contributed by atoms with Crippen molar-refractivity contribution in [1.29, 1.82) is 0 Å². The number of imidazole rings is 1. The highest BCUT2D eigenvalue weighted by Gasteiger charge is 2.44. The summed E-state index contributed by atoms with van der Waals surface area (Å²) in [5.74, 6) is 0.934. The molecule has 1 aromatic heterocycles. The van der Waals surface area contributed by atoms with E-state index < -0.39 is 5.54 Å². The lowest BCUT2D eigenvalue weighted by atomic mass is 10.0. The van der Waals surface area contributed by atoms with Crippen LogP contribution in [0.3, 0.4) is 0 Å². The smallest absolute Gasteiger partial charge is 0.325 e. The predicted molar refractivity (Wildman–Crippen MR) is 93.1 cm³/mol. The van der Waals surface area contributed by atoms with Crippen molar-refractivity contribution >= 4 is 11.9 Å². The summed E-state index contributed by atoms with van der Waals surface area (Å²) in [4.78, 5) is 36.5. The van der Waals surface area contributed by atoms with Crippen molar-refractivity contribution in [1.82, 2.24) is 25.1 Å². The minimum absolute atomic E-state index is 0.137. The van der Waals surface area contributed by atoms with Gasteiger partial charge in [-0.25, -0.2) is 9.78 Å². The van der Waals surface area contributed by atoms with E-state index in [1.165, 1.54) is 29.1 Å². The zero-order valence-corrected chi connectivity index (χ0v) is 15.1. The van der Waals surface area contributed by atoms with Crippen molar-refractivity contribution in [2.75, 3.05) is 19.6 Å². The number of H-pyrrole nitrogens is 1. The molecule has 0 saturated carbocycles. The highest BCUT2D eigenvalue weighted by atomic mass is 16.2. The van der Waals surface area contributed by atoms with Crippen molar-refractivity contribution in [2.45, 2.75) is 64.0 Å². The summed E-state index contributed by atoms with van der Waals surface area (Å²) in [5, 5.41) is 2.74. The Hall–Kier alpha value is -1.89. The van der Waals surface area contributed by atoms with Crippen LogP contribution in [0.5, 0.6) is 0 Å². The van der Waals surface area contributed by atoms with Crippen LogP contribution >= 0.6 is 0 Å². The minimum Gasteiger partial charge on any atom is -0.344 e. The molecule has 0 bridgehead atoms. The zero-order chi connectivity index (χ0) is 17.6. The third-order valence-corrected chi connectivity index (χ3v) is 5.71. The molecule has 2 saturated heterocycles. The number of aryl methyl sites for hydroxylation is 2. The predicted octanol–water partition coefficient (Wildman–Crippen LogP) is 1.76. The minimum atomic E-state index is -0.790. The third kappa shape index (κ3) is 2.94. The van der Waals surface area contributed by atoms with Gasteiger partial charge in [-0.05, 0) is 58.9 Å². The second kappa shape index (κ2) is 6.12. The first-order chi connectivity index (χ1) is 12.0. The second-order valence-corrected chi connectivity index (χ2v) is 7.96. The fourth-order valence-electron chi connectivity index (χ4n) is 4.29. The molecule has 3 amide bonds. The molecule has 136 valence electrons. The molecule has 0 unspecified atom stereocenters. The Morgan fingerprint density at radius 2 is 1.96 bits per heavy atom. The number of likely N-dealkylation sites (tertiary alicyclic amines) is 1. The molecule has 1 aromatic rings. The molecule has 2 fully saturated rings. The van der Waals surface area contributed by atoms with Crippen LogP contribution in [0.1, 0.15) is 62.8 Å². The number of fused-ring (bicyclic) bond motifs is 1. The van der Waals surface area contributed by atoms with Crippen LogP contribution < -0.4 is 5.32 Å². The van der Waals surface area contributed by atoms with Gasteiger partial charge in [0.15, 0.2) is 0 Å². The highest BCUT2D eigenvalue weighted by molar-refractivity contribution is 6.06. The molecule has 0 spiro atoms. The van der Waals surface area contributed by atoms with Crippen molar-refractivity contribution in [3.8, 4) is 0 Å². The summed E-state index contributed by atoms with van der Waals surface area (Å²) < 4.78 is 0.